The second kappa shape index (κ2) is 6.05. The Labute approximate surface area is 138 Å². The summed E-state index contributed by atoms with van der Waals surface area (Å²) in [6.45, 7) is -3.62. The quantitative estimate of drug-likeness (QED) is 0.353. The zero-order valence-electron chi connectivity index (χ0n) is 12.1. The summed E-state index contributed by atoms with van der Waals surface area (Å²) < 4.78 is 36.7. The number of fused-ring (bicyclic) bond motifs is 1. The van der Waals surface area contributed by atoms with Crippen LogP contribution in [0.2, 0.25) is 0 Å². The van der Waals surface area contributed by atoms with Crippen LogP contribution in [0.1, 0.15) is 6.23 Å². The normalized spacial score (nSPS) is 38.3. The van der Waals surface area contributed by atoms with E-state index in [9.17, 15) is 14.0 Å². The molecule has 24 heavy (non-hydrogen) atoms. The summed E-state index contributed by atoms with van der Waals surface area (Å²) in [6, 6.07) is 1.02. The fraction of sp³-hybridized carbons (Fsp3) is 0.600. The Hall–Kier alpha value is -1.59. The van der Waals surface area contributed by atoms with E-state index in [-0.39, 0.29) is 0 Å². The minimum absolute atomic E-state index is 0.401. The van der Waals surface area contributed by atoms with E-state index in [0.717, 1.165) is 16.8 Å². The van der Waals surface area contributed by atoms with Crippen LogP contribution >= 0.6 is 6.72 Å². The van der Waals surface area contributed by atoms with Gasteiger partial charge in [0.25, 0.3) is 5.56 Å². The van der Waals surface area contributed by atoms with E-state index in [0.29, 0.717) is 0 Å². The van der Waals surface area contributed by atoms with E-state index in [2.05, 4.69) is 10.0 Å². The first-order valence-corrected chi connectivity index (χ1v) is 9.08. The zero-order chi connectivity index (χ0) is 17.5. The van der Waals surface area contributed by atoms with Gasteiger partial charge < -0.3 is 13.8 Å². The molecule has 2 fully saturated rings. The Bertz CT molecular complexity index is 870. The molecule has 1 aromatic heterocycles. The fourth-order valence-corrected chi connectivity index (χ4v) is 4.05. The Morgan fingerprint density at radius 1 is 1.67 bits per heavy atom. The highest BCUT2D eigenvalue weighted by atomic mass is 32.5. The van der Waals surface area contributed by atoms with Crippen molar-refractivity contribution in [2.45, 2.75) is 24.2 Å². The minimum Gasteiger partial charge on any atom is -0.337 e. The number of halogens is 1. The van der Waals surface area contributed by atoms with Crippen molar-refractivity contribution in [1.82, 2.24) is 9.55 Å². The SMILES string of the molecule is COP1(=S)OC[C@@]2(N=[N+]=[N-])O[C@@H](n3ccc(=O)[nH]c3=O)[C@H](F)[C@@H]2O1. The van der Waals surface area contributed by atoms with Gasteiger partial charge in [0.05, 0.1) is 6.61 Å². The Kier molecular flexibility index (Phi) is 4.34. The summed E-state index contributed by atoms with van der Waals surface area (Å²) in [4.78, 5) is 27.6. The molecule has 2 saturated heterocycles. The van der Waals surface area contributed by atoms with E-state index >= 15 is 0 Å². The van der Waals surface area contributed by atoms with E-state index in [1.165, 1.54) is 7.11 Å². The van der Waals surface area contributed by atoms with Gasteiger partial charge in [-0.05, 0) is 17.3 Å². The number of hydrogen-bond acceptors (Lipinski definition) is 8. The Morgan fingerprint density at radius 3 is 3.04 bits per heavy atom. The van der Waals surface area contributed by atoms with Crippen LogP contribution in [0.25, 0.3) is 10.4 Å². The molecule has 1 N–H and O–H groups in total. The van der Waals surface area contributed by atoms with Crippen molar-refractivity contribution in [3.05, 3.63) is 43.5 Å². The molecule has 0 saturated carbocycles. The minimum atomic E-state index is -3.22. The van der Waals surface area contributed by atoms with Gasteiger partial charge in [0.1, 0.15) is 6.10 Å². The lowest BCUT2D eigenvalue weighted by Crippen LogP contribution is -2.48. The number of hydrogen-bond donors (Lipinski definition) is 1. The van der Waals surface area contributed by atoms with Gasteiger partial charge in [0.2, 0.25) is 5.72 Å². The van der Waals surface area contributed by atoms with Crippen LogP contribution in [0.15, 0.2) is 27.0 Å². The zero-order valence-corrected chi connectivity index (χ0v) is 13.8. The van der Waals surface area contributed by atoms with Crippen molar-refractivity contribution in [3.63, 3.8) is 0 Å². The van der Waals surface area contributed by atoms with Crippen molar-refractivity contribution in [2.24, 2.45) is 5.11 Å². The number of aromatic amines is 1. The average molecular weight is 379 g/mol. The van der Waals surface area contributed by atoms with Crippen molar-refractivity contribution < 1.29 is 22.7 Å². The molecular weight excluding hydrogens is 368 g/mol. The van der Waals surface area contributed by atoms with Crippen molar-refractivity contribution >= 4 is 18.5 Å². The summed E-state index contributed by atoms with van der Waals surface area (Å²) in [5.41, 5.74) is 5.37. The molecule has 0 aromatic carbocycles. The summed E-state index contributed by atoms with van der Waals surface area (Å²) in [7, 11) is 1.24. The van der Waals surface area contributed by atoms with Gasteiger partial charge in [0, 0.05) is 24.3 Å². The summed E-state index contributed by atoms with van der Waals surface area (Å²) in [5, 5.41) is 3.45. The Balaban J connectivity index is 2.04. The third kappa shape index (κ3) is 2.70. The third-order valence-corrected chi connectivity index (χ3v) is 5.97. The van der Waals surface area contributed by atoms with Crippen molar-refractivity contribution in [3.8, 4) is 0 Å². The molecule has 3 heterocycles. The number of azide groups is 1. The Morgan fingerprint density at radius 2 is 2.42 bits per heavy atom. The summed E-state index contributed by atoms with van der Waals surface area (Å²) in [5.74, 6) is 0. The molecule has 0 amide bonds. The second-order valence-corrected chi connectivity index (χ2v) is 8.00. The number of nitrogens with one attached hydrogen (secondary N) is 1. The van der Waals surface area contributed by atoms with Crippen molar-refractivity contribution in [1.29, 1.82) is 0 Å². The van der Waals surface area contributed by atoms with Crippen LogP contribution in [-0.2, 0) is 30.1 Å². The number of aromatic nitrogens is 2. The first-order valence-electron chi connectivity index (χ1n) is 6.52. The second-order valence-electron chi connectivity index (χ2n) is 4.93. The summed E-state index contributed by atoms with van der Waals surface area (Å²) in [6.07, 6.45) is -3.81. The first kappa shape index (κ1) is 17.2. The third-order valence-electron chi connectivity index (χ3n) is 3.57. The standard InChI is InChI=1S/C10H11FN5O6PS/c1-19-23(24)20-4-10(14-15-12)7(22-23)6(11)8(21-10)16-3-2-5(17)13-9(16)18/h2-3,6-8H,4H2,1H3,(H,13,17,18)/t6-,7+,8-,10-,23?/m1/s1. The van der Waals surface area contributed by atoms with Gasteiger partial charge in [-0.1, -0.05) is 5.11 Å². The lowest BCUT2D eigenvalue weighted by Gasteiger charge is -2.38. The molecule has 5 atom stereocenters. The van der Waals surface area contributed by atoms with Gasteiger partial charge in [-0.3, -0.25) is 18.9 Å². The maximum Gasteiger partial charge on any atom is 0.330 e. The van der Waals surface area contributed by atoms with Gasteiger partial charge >= 0.3 is 12.4 Å². The predicted molar refractivity (Wildman–Crippen MR) is 80.3 cm³/mol. The lowest BCUT2D eigenvalue weighted by molar-refractivity contribution is -0.136. The predicted octanol–water partition coefficient (Wildman–Crippen LogP) is 0.696. The molecule has 2 aliphatic heterocycles. The molecule has 0 spiro atoms. The topological polar surface area (TPSA) is 141 Å². The molecule has 11 nitrogen and oxygen atoms in total. The molecule has 0 aliphatic carbocycles. The molecule has 1 unspecified atom stereocenters. The molecular formula is C10H11FN5O6PS. The molecule has 130 valence electrons. The van der Waals surface area contributed by atoms with Crippen LogP contribution in [0, 0.1) is 0 Å². The number of ether oxygens (including phenoxy) is 1. The lowest BCUT2D eigenvalue weighted by atomic mass is 10.1. The highest BCUT2D eigenvalue weighted by Crippen LogP contribution is 2.60. The van der Waals surface area contributed by atoms with Gasteiger partial charge in [-0.15, -0.1) is 0 Å². The molecule has 1 aromatic rings. The molecule has 2 aliphatic rings. The molecule has 3 rings (SSSR count). The first-order chi connectivity index (χ1) is 11.3. The van der Waals surface area contributed by atoms with Gasteiger partial charge in [-0.2, -0.15) is 0 Å². The summed E-state index contributed by atoms with van der Waals surface area (Å²) >= 11 is 5.04. The van der Waals surface area contributed by atoms with Gasteiger partial charge in [0.15, 0.2) is 12.4 Å². The highest BCUT2D eigenvalue weighted by Gasteiger charge is 2.62. The van der Waals surface area contributed by atoms with E-state index in [1.54, 1.807) is 0 Å². The largest absolute Gasteiger partial charge is 0.337 e. The van der Waals surface area contributed by atoms with Crippen molar-refractivity contribution in [2.75, 3.05) is 13.7 Å². The van der Waals surface area contributed by atoms with E-state index in [1.807, 2.05) is 4.98 Å². The maximum atomic E-state index is 14.9. The van der Waals surface area contributed by atoms with Gasteiger partial charge in [-0.25, -0.2) is 9.18 Å². The fourth-order valence-electron chi connectivity index (χ4n) is 2.46. The van der Waals surface area contributed by atoms with E-state index in [4.69, 9.17) is 35.6 Å². The smallest absolute Gasteiger partial charge is 0.330 e. The molecule has 0 radical (unpaired) electrons. The van der Waals surface area contributed by atoms with E-state index < -0.39 is 48.8 Å². The van der Waals surface area contributed by atoms with Crippen LogP contribution in [0.3, 0.4) is 0 Å². The number of nitrogens with zero attached hydrogens (tertiary/aromatic N) is 4. The monoisotopic (exact) mass is 379 g/mol. The number of rotatable bonds is 3. The number of H-pyrrole nitrogens is 1. The maximum absolute atomic E-state index is 14.9. The van der Waals surface area contributed by atoms with Crippen LogP contribution in [0.5, 0.6) is 0 Å². The highest BCUT2D eigenvalue weighted by molar-refractivity contribution is 8.07. The molecule has 14 heteroatoms. The van der Waals surface area contributed by atoms with Crippen LogP contribution < -0.4 is 11.2 Å². The average Bonchev–Trinajstić information content (AvgIpc) is 2.81. The van der Waals surface area contributed by atoms with Crippen LogP contribution in [0.4, 0.5) is 4.39 Å². The van der Waals surface area contributed by atoms with Crippen LogP contribution in [-0.4, -0.2) is 41.3 Å². The molecule has 0 bridgehead atoms. The number of alkyl halides is 1.